The molecule has 7 heteroatoms. The Morgan fingerprint density at radius 3 is 2.29 bits per heavy atom. The minimum absolute atomic E-state index is 0.0751. The molecule has 21 heavy (non-hydrogen) atoms. The molecule has 3 amide bonds. The molecule has 0 spiro atoms. The van der Waals surface area contributed by atoms with Crippen molar-refractivity contribution in [2.24, 2.45) is 0 Å². The normalized spacial score (nSPS) is 10.0. The summed E-state index contributed by atoms with van der Waals surface area (Å²) in [5.41, 5.74) is 0. The van der Waals surface area contributed by atoms with Gasteiger partial charge in [-0.1, -0.05) is 13.3 Å². The Hall–Kier alpha value is -1.79. The summed E-state index contributed by atoms with van der Waals surface area (Å²) >= 11 is 0. The van der Waals surface area contributed by atoms with Gasteiger partial charge in [0, 0.05) is 33.6 Å². The number of aliphatic carboxylic acids is 1. The molecule has 0 unspecified atom stereocenters. The minimum Gasteiger partial charge on any atom is -0.481 e. The molecule has 0 atom stereocenters. The van der Waals surface area contributed by atoms with Crippen molar-refractivity contribution in [1.29, 1.82) is 0 Å². The largest absolute Gasteiger partial charge is 0.481 e. The van der Waals surface area contributed by atoms with Crippen LogP contribution in [0, 0.1) is 0 Å². The van der Waals surface area contributed by atoms with Crippen molar-refractivity contribution in [1.82, 2.24) is 15.1 Å². The lowest BCUT2D eigenvalue weighted by Crippen LogP contribution is -2.45. The highest BCUT2D eigenvalue weighted by Crippen LogP contribution is 2.00. The molecule has 2 N–H and O–H groups in total. The minimum atomic E-state index is -0.796. The molecule has 122 valence electrons. The van der Waals surface area contributed by atoms with Gasteiger partial charge in [-0.25, -0.2) is 4.79 Å². The van der Waals surface area contributed by atoms with E-state index in [1.807, 2.05) is 6.92 Å². The molecule has 0 aliphatic heterocycles. The number of nitrogens with one attached hydrogen (secondary N) is 1. The first-order chi connectivity index (χ1) is 9.88. The van der Waals surface area contributed by atoms with E-state index >= 15 is 0 Å². The highest BCUT2D eigenvalue weighted by atomic mass is 16.4. The first-order valence-electron chi connectivity index (χ1n) is 7.33. The van der Waals surface area contributed by atoms with Gasteiger partial charge in [-0.15, -0.1) is 0 Å². The number of nitrogens with zero attached hydrogens (tertiary/aromatic N) is 2. The molecular formula is C14H27N3O4. The number of carboxylic acid groups (broad SMARTS) is 1. The van der Waals surface area contributed by atoms with Crippen molar-refractivity contribution in [3.05, 3.63) is 0 Å². The molecule has 0 bridgehead atoms. The second kappa shape index (κ2) is 10.9. The molecule has 0 aliphatic carbocycles. The van der Waals surface area contributed by atoms with E-state index in [0.29, 0.717) is 19.5 Å². The highest BCUT2D eigenvalue weighted by molar-refractivity contribution is 5.83. The summed E-state index contributed by atoms with van der Waals surface area (Å²) in [6.07, 6.45) is 3.06. The van der Waals surface area contributed by atoms with Crippen LogP contribution in [-0.4, -0.2) is 66.5 Å². The predicted molar refractivity (Wildman–Crippen MR) is 80.1 cm³/mol. The fraction of sp³-hybridized carbons (Fsp3) is 0.786. The third-order valence-corrected chi connectivity index (χ3v) is 2.95. The zero-order chi connectivity index (χ0) is 16.3. The van der Waals surface area contributed by atoms with Crippen LogP contribution in [-0.2, 0) is 9.59 Å². The second-order valence-corrected chi connectivity index (χ2v) is 5.15. The lowest BCUT2D eigenvalue weighted by atomic mass is 10.2. The molecular weight excluding hydrogens is 274 g/mol. The summed E-state index contributed by atoms with van der Waals surface area (Å²) in [4.78, 5) is 36.9. The Labute approximate surface area is 126 Å². The van der Waals surface area contributed by atoms with Gasteiger partial charge in [-0.3, -0.25) is 9.59 Å². The van der Waals surface area contributed by atoms with Crippen molar-refractivity contribution < 1.29 is 19.5 Å². The van der Waals surface area contributed by atoms with Crippen LogP contribution in [0.5, 0.6) is 0 Å². The molecule has 0 aromatic carbocycles. The second-order valence-electron chi connectivity index (χ2n) is 5.15. The van der Waals surface area contributed by atoms with E-state index in [1.54, 1.807) is 14.1 Å². The summed E-state index contributed by atoms with van der Waals surface area (Å²) in [5, 5.41) is 11.3. The summed E-state index contributed by atoms with van der Waals surface area (Å²) in [6, 6.07) is -0.245. The van der Waals surface area contributed by atoms with E-state index in [2.05, 4.69) is 5.32 Å². The number of unbranched alkanes of at least 4 members (excludes halogenated alkanes) is 2. The molecule has 0 saturated carbocycles. The van der Waals surface area contributed by atoms with Crippen molar-refractivity contribution in [2.75, 3.05) is 33.7 Å². The first kappa shape index (κ1) is 19.2. The average Bonchev–Trinajstić information content (AvgIpc) is 2.41. The predicted octanol–water partition coefficient (Wildman–Crippen LogP) is 1.14. The SMILES string of the molecule is CCCN(CC(=O)N(C)C)C(=O)NCCCCCC(=O)O. The Morgan fingerprint density at radius 1 is 1.10 bits per heavy atom. The number of rotatable bonds is 10. The maximum absolute atomic E-state index is 12.0. The van der Waals surface area contributed by atoms with Crippen LogP contribution >= 0.6 is 0 Å². The molecule has 0 aliphatic rings. The van der Waals surface area contributed by atoms with Crippen LogP contribution in [0.4, 0.5) is 4.79 Å². The molecule has 0 heterocycles. The van der Waals surface area contributed by atoms with Gasteiger partial charge >= 0.3 is 12.0 Å². The molecule has 0 aromatic rings. The van der Waals surface area contributed by atoms with Crippen LogP contribution in [0.1, 0.15) is 39.0 Å². The molecule has 0 aromatic heterocycles. The van der Waals surface area contributed by atoms with Crippen molar-refractivity contribution >= 4 is 17.9 Å². The van der Waals surface area contributed by atoms with Gasteiger partial charge in [-0.05, 0) is 19.3 Å². The van der Waals surface area contributed by atoms with E-state index in [1.165, 1.54) is 9.80 Å². The number of hydrogen-bond acceptors (Lipinski definition) is 3. The van der Waals surface area contributed by atoms with E-state index in [4.69, 9.17) is 5.11 Å². The van der Waals surface area contributed by atoms with Crippen LogP contribution < -0.4 is 5.32 Å². The fourth-order valence-corrected chi connectivity index (χ4v) is 1.71. The number of carboxylic acids is 1. The number of carbonyl (C=O) groups excluding carboxylic acids is 2. The summed E-state index contributed by atoms with van der Waals surface area (Å²) in [5.74, 6) is -0.907. The standard InChI is InChI=1S/C14H27N3O4/c1-4-10-17(11-12(18)16(2)3)14(21)15-9-7-5-6-8-13(19)20/h4-11H2,1-3H3,(H,15,21)(H,19,20). The molecule has 7 nitrogen and oxygen atoms in total. The van der Waals surface area contributed by atoms with Crippen molar-refractivity contribution in [3.63, 3.8) is 0 Å². The first-order valence-corrected chi connectivity index (χ1v) is 7.33. The fourth-order valence-electron chi connectivity index (χ4n) is 1.71. The van der Waals surface area contributed by atoms with Crippen LogP contribution in [0.15, 0.2) is 0 Å². The Kier molecular flexibility index (Phi) is 10.0. The average molecular weight is 301 g/mol. The van der Waals surface area contributed by atoms with Crippen molar-refractivity contribution in [3.8, 4) is 0 Å². The third-order valence-electron chi connectivity index (χ3n) is 2.95. The molecule has 0 radical (unpaired) electrons. The Balaban J connectivity index is 4.01. The van der Waals surface area contributed by atoms with E-state index in [-0.39, 0.29) is 24.9 Å². The van der Waals surface area contributed by atoms with Gasteiger partial charge in [0.05, 0.1) is 0 Å². The van der Waals surface area contributed by atoms with Crippen LogP contribution in [0.25, 0.3) is 0 Å². The van der Waals surface area contributed by atoms with Gasteiger partial charge in [0.25, 0.3) is 0 Å². The van der Waals surface area contributed by atoms with Gasteiger partial charge in [0.2, 0.25) is 5.91 Å². The van der Waals surface area contributed by atoms with E-state index in [9.17, 15) is 14.4 Å². The van der Waals surface area contributed by atoms with E-state index < -0.39 is 5.97 Å². The zero-order valence-electron chi connectivity index (χ0n) is 13.2. The van der Waals surface area contributed by atoms with Gasteiger partial charge < -0.3 is 20.2 Å². The molecule has 0 fully saturated rings. The van der Waals surface area contributed by atoms with Crippen LogP contribution in [0.3, 0.4) is 0 Å². The summed E-state index contributed by atoms with van der Waals surface area (Å²) in [7, 11) is 3.32. The molecule has 0 saturated heterocycles. The van der Waals surface area contributed by atoms with Crippen molar-refractivity contribution in [2.45, 2.75) is 39.0 Å². The lowest BCUT2D eigenvalue weighted by molar-refractivity contribution is -0.137. The lowest BCUT2D eigenvalue weighted by Gasteiger charge is -2.23. The Bertz CT molecular complexity index is 345. The number of likely N-dealkylation sites (N-methyl/N-ethyl adjacent to an activating group) is 1. The summed E-state index contributed by atoms with van der Waals surface area (Å²) in [6.45, 7) is 3.05. The summed E-state index contributed by atoms with van der Waals surface area (Å²) < 4.78 is 0. The maximum atomic E-state index is 12.0. The van der Waals surface area contributed by atoms with Crippen LogP contribution in [0.2, 0.25) is 0 Å². The third kappa shape index (κ3) is 9.70. The number of urea groups is 1. The molecule has 0 rings (SSSR count). The number of hydrogen-bond donors (Lipinski definition) is 2. The van der Waals surface area contributed by atoms with Gasteiger partial charge in [0.15, 0.2) is 0 Å². The van der Waals surface area contributed by atoms with Gasteiger partial charge in [0.1, 0.15) is 6.54 Å². The Morgan fingerprint density at radius 2 is 1.76 bits per heavy atom. The van der Waals surface area contributed by atoms with E-state index in [0.717, 1.165) is 19.3 Å². The van der Waals surface area contributed by atoms with Gasteiger partial charge in [-0.2, -0.15) is 0 Å². The zero-order valence-corrected chi connectivity index (χ0v) is 13.2. The monoisotopic (exact) mass is 301 g/mol. The quantitative estimate of drug-likeness (QED) is 0.592. The topological polar surface area (TPSA) is 90.0 Å². The maximum Gasteiger partial charge on any atom is 0.317 e. The number of amides is 3. The number of carbonyl (C=O) groups is 3. The highest BCUT2D eigenvalue weighted by Gasteiger charge is 2.16. The smallest absolute Gasteiger partial charge is 0.317 e.